The zero-order valence-electron chi connectivity index (χ0n) is 11.9. The molecule has 0 aliphatic heterocycles. The Bertz CT molecular complexity index is 243. The number of hydrogen-bond donors (Lipinski definition) is 1. The molecule has 2 heteroatoms. The molecule has 2 aliphatic carbocycles. The average Bonchev–Trinajstić information content (AvgIpc) is 2.56. The Labute approximate surface area is 107 Å². The van der Waals surface area contributed by atoms with Crippen LogP contribution in [0, 0.1) is 11.3 Å². The summed E-state index contributed by atoms with van der Waals surface area (Å²) in [5.74, 6) is 0.935. The molecule has 0 amide bonds. The van der Waals surface area contributed by atoms with E-state index in [-0.39, 0.29) is 0 Å². The Morgan fingerprint density at radius 1 is 1.12 bits per heavy atom. The van der Waals surface area contributed by atoms with Gasteiger partial charge in [0, 0.05) is 18.6 Å². The van der Waals surface area contributed by atoms with Gasteiger partial charge in [0.1, 0.15) is 0 Å². The normalized spacial score (nSPS) is 34.4. The zero-order chi connectivity index (χ0) is 12.5. The van der Waals surface area contributed by atoms with E-state index < -0.39 is 0 Å². The molecule has 2 unspecified atom stereocenters. The van der Waals surface area contributed by atoms with E-state index in [1.807, 2.05) is 0 Å². The summed E-state index contributed by atoms with van der Waals surface area (Å²) in [6, 6.07) is 0.975. The van der Waals surface area contributed by atoms with Crippen molar-refractivity contribution in [3.63, 3.8) is 0 Å². The van der Waals surface area contributed by atoms with Gasteiger partial charge in [-0.1, -0.05) is 33.1 Å². The fourth-order valence-corrected chi connectivity index (χ4v) is 3.79. The van der Waals surface area contributed by atoms with Gasteiger partial charge >= 0.3 is 0 Å². The number of nitrogens with zero attached hydrogens (tertiary/aromatic N) is 1. The smallest absolute Gasteiger partial charge is 0.0249 e. The van der Waals surface area contributed by atoms with Gasteiger partial charge in [0.25, 0.3) is 0 Å². The second-order valence-corrected chi connectivity index (χ2v) is 7.06. The summed E-state index contributed by atoms with van der Waals surface area (Å²) in [7, 11) is 2.29. The SMILES string of the molecule is CN(CC1CCCCC1)C1CCC(C)(C)C1N. The minimum atomic E-state index is 0.339. The monoisotopic (exact) mass is 238 g/mol. The van der Waals surface area contributed by atoms with Crippen LogP contribution < -0.4 is 5.73 Å². The Kier molecular flexibility index (Phi) is 4.14. The summed E-state index contributed by atoms with van der Waals surface area (Å²) in [6.45, 7) is 5.92. The topological polar surface area (TPSA) is 29.3 Å². The quantitative estimate of drug-likeness (QED) is 0.819. The molecule has 0 saturated heterocycles. The van der Waals surface area contributed by atoms with Gasteiger partial charge in [0.05, 0.1) is 0 Å². The van der Waals surface area contributed by atoms with Crippen LogP contribution in [0.15, 0.2) is 0 Å². The predicted octanol–water partition coefficient (Wildman–Crippen LogP) is 3.01. The molecule has 0 bridgehead atoms. The van der Waals surface area contributed by atoms with E-state index in [1.54, 1.807) is 0 Å². The van der Waals surface area contributed by atoms with Gasteiger partial charge < -0.3 is 10.6 Å². The first-order chi connectivity index (χ1) is 8.00. The van der Waals surface area contributed by atoms with Crippen LogP contribution in [0.4, 0.5) is 0 Å². The minimum absolute atomic E-state index is 0.339. The average molecular weight is 238 g/mol. The fraction of sp³-hybridized carbons (Fsp3) is 1.00. The molecule has 2 N–H and O–H groups in total. The lowest BCUT2D eigenvalue weighted by Gasteiger charge is -2.35. The number of likely N-dealkylation sites (N-methyl/N-ethyl adjacent to an activating group) is 1. The van der Waals surface area contributed by atoms with Crippen molar-refractivity contribution in [3.05, 3.63) is 0 Å². The first kappa shape index (κ1) is 13.4. The van der Waals surface area contributed by atoms with Gasteiger partial charge in [-0.15, -0.1) is 0 Å². The maximum absolute atomic E-state index is 6.42. The Morgan fingerprint density at radius 3 is 2.29 bits per heavy atom. The lowest BCUT2D eigenvalue weighted by molar-refractivity contribution is 0.157. The van der Waals surface area contributed by atoms with Crippen molar-refractivity contribution in [2.45, 2.75) is 70.9 Å². The molecule has 0 aromatic carbocycles. The lowest BCUT2D eigenvalue weighted by atomic mass is 9.86. The highest BCUT2D eigenvalue weighted by atomic mass is 15.2. The predicted molar refractivity (Wildman–Crippen MR) is 74.0 cm³/mol. The van der Waals surface area contributed by atoms with Gasteiger partial charge in [-0.25, -0.2) is 0 Å². The molecule has 0 spiro atoms. The van der Waals surface area contributed by atoms with Gasteiger partial charge in [-0.3, -0.25) is 0 Å². The summed E-state index contributed by atoms with van der Waals surface area (Å²) >= 11 is 0. The largest absolute Gasteiger partial charge is 0.326 e. The minimum Gasteiger partial charge on any atom is -0.326 e. The standard InChI is InChI=1S/C15H30N2/c1-15(2)10-9-13(14(15)16)17(3)11-12-7-5-4-6-8-12/h12-14H,4-11,16H2,1-3H3. The van der Waals surface area contributed by atoms with Crippen LogP contribution >= 0.6 is 0 Å². The molecule has 0 heterocycles. The fourth-order valence-electron chi connectivity index (χ4n) is 3.79. The third kappa shape index (κ3) is 3.03. The van der Waals surface area contributed by atoms with Crippen molar-refractivity contribution < 1.29 is 0 Å². The number of rotatable bonds is 3. The highest BCUT2D eigenvalue weighted by molar-refractivity contribution is 4.98. The van der Waals surface area contributed by atoms with E-state index in [9.17, 15) is 0 Å². The van der Waals surface area contributed by atoms with Gasteiger partial charge in [0.15, 0.2) is 0 Å². The van der Waals surface area contributed by atoms with Crippen LogP contribution in [0.25, 0.3) is 0 Å². The molecule has 0 aromatic heterocycles. The maximum atomic E-state index is 6.42. The molecule has 2 nitrogen and oxygen atoms in total. The van der Waals surface area contributed by atoms with Crippen molar-refractivity contribution in [2.75, 3.05) is 13.6 Å². The molecule has 2 fully saturated rings. The third-order valence-electron chi connectivity index (χ3n) is 5.24. The van der Waals surface area contributed by atoms with E-state index in [0.29, 0.717) is 17.5 Å². The van der Waals surface area contributed by atoms with Crippen molar-refractivity contribution >= 4 is 0 Å². The van der Waals surface area contributed by atoms with E-state index >= 15 is 0 Å². The molecule has 0 aromatic rings. The van der Waals surface area contributed by atoms with Crippen LogP contribution in [0.5, 0.6) is 0 Å². The van der Waals surface area contributed by atoms with Crippen molar-refractivity contribution in [3.8, 4) is 0 Å². The Hall–Kier alpha value is -0.0800. The highest BCUT2D eigenvalue weighted by Crippen LogP contribution is 2.38. The molecular formula is C15H30N2. The molecule has 2 aliphatic rings. The molecule has 2 rings (SSSR count). The van der Waals surface area contributed by atoms with Gasteiger partial charge in [-0.2, -0.15) is 0 Å². The summed E-state index contributed by atoms with van der Waals surface area (Å²) in [4.78, 5) is 2.56. The Morgan fingerprint density at radius 2 is 1.76 bits per heavy atom. The van der Waals surface area contributed by atoms with Crippen molar-refractivity contribution in [1.82, 2.24) is 4.90 Å². The van der Waals surface area contributed by atoms with E-state index in [2.05, 4.69) is 25.8 Å². The van der Waals surface area contributed by atoms with E-state index in [4.69, 9.17) is 5.73 Å². The molecular weight excluding hydrogens is 208 g/mol. The second-order valence-electron chi connectivity index (χ2n) is 7.06. The summed E-state index contributed by atoms with van der Waals surface area (Å²) in [5, 5.41) is 0. The van der Waals surface area contributed by atoms with Gasteiger partial charge in [0.2, 0.25) is 0 Å². The van der Waals surface area contributed by atoms with Crippen molar-refractivity contribution in [2.24, 2.45) is 17.1 Å². The molecule has 2 atom stereocenters. The number of hydrogen-bond acceptors (Lipinski definition) is 2. The van der Waals surface area contributed by atoms with Crippen LogP contribution in [-0.2, 0) is 0 Å². The van der Waals surface area contributed by atoms with E-state index in [1.165, 1.54) is 51.5 Å². The zero-order valence-corrected chi connectivity index (χ0v) is 11.9. The second kappa shape index (κ2) is 5.27. The molecule has 17 heavy (non-hydrogen) atoms. The first-order valence-corrected chi connectivity index (χ1v) is 7.46. The summed E-state index contributed by atoms with van der Waals surface area (Å²) in [5.41, 5.74) is 6.76. The maximum Gasteiger partial charge on any atom is 0.0249 e. The molecule has 100 valence electrons. The summed E-state index contributed by atoms with van der Waals surface area (Å²) < 4.78 is 0. The van der Waals surface area contributed by atoms with Crippen molar-refractivity contribution in [1.29, 1.82) is 0 Å². The van der Waals surface area contributed by atoms with Crippen LogP contribution in [-0.4, -0.2) is 30.6 Å². The van der Waals surface area contributed by atoms with Gasteiger partial charge in [-0.05, 0) is 44.1 Å². The van der Waals surface area contributed by atoms with Crippen LogP contribution in [0.1, 0.15) is 58.8 Å². The first-order valence-electron chi connectivity index (χ1n) is 7.46. The van der Waals surface area contributed by atoms with E-state index in [0.717, 1.165) is 5.92 Å². The van der Waals surface area contributed by atoms with Crippen LogP contribution in [0.3, 0.4) is 0 Å². The molecule has 2 saturated carbocycles. The Balaban J connectivity index is 1.85. The van der Waals surface area contributed by atoms with Crippen LogP contribution in [0.2, 0.25) is 0 Å². The highest BCUT2D eigenvalue weighted by Gasteiger charge is 2.41. The lowest BCUT2D eigenvalue weighted by Crippen LogP contribution is -2.49. The number of nitrogens with two attached hydrogens (primary N) is 1. The molecule has 0 radical (unpaired) electrons. The third-order valence-corrected chi connectivity index (χ3v) is 5.24. The summed E-state index contributed by atoms with van der Waals surface area (Å²) in [6.07, 6.45) is 9.80.